The third-order valence-corrected chi connectivity index (χ3v) is 3.85. The normalized spacial score (nSPS) is 22.8. The smallest absolute Gasteiger partial charge is 0.0797 e. The maximum absolute atomic E-state index is 4.52. The van der Waals surface area contributed by atoms with E-state index in [-0.39, 0.29) is 0 Å². The number of aromatic nitrogens is 1. The molecule has 1 aromatic rings. The van der Waals surface area contributed by atoms with Crippen LogP contribution in [0.2, 0.25) is 0 Å². The Bertz CT molecular complexity index is 295. The summed E-state index contributed by atoms with van der Waals surface area (Å²) in [6.07, 6.45) is 3.92. The zero-order valence-electron chi connectivity index (χ0n) is 8.63. The number of rotatable bonds is 0. The Kier molecular flexibility index (Phi) is 2.18. The van der Waals surface area contributed by atoms with E-state index in [0.717, 1.165) is 0 Å². The lowest BCUT2D eigenvalue weighted by Crippen LogP contribution is -2.22. The second-order valence-electron chi connectivity index (χ2n) is 4.97. The molecule has 1 aromatic heterocycles. The van der Waals surface area contributed by atoms with Crippen molar-refractivity contribution in [3.05, 3.63) is 16.1 Å². The van der Waals surface area contributed by atoms with Gasteiger partial charge in [-0.1, -0.05) is 20.8 Å². The molecule has 72 valence electrons. The molecule has 0 N–H and O–H groups in total. The van der Waals surface area contributed by atoms with Crippen molar-refractivity contribution in [2.45, 2.75) is 46.0 Å². The Morgan fingerprint density at radius 3 is 2.92 bits per heavy atom. The number of aryl methyl sites for hydroxylation is 1. The van der Waals surface area contributed by atoms with Crippen molar-refractivity contribution in [1.82, 2.24) is 4.98 Å². The maximum atomic E-state index is 4.52. The Labute approximate surface area is 84.2 Å². The van der Waals surface area contributed by atoms with Crippen molar-refractivity contribution < 1.29 is 0 Å². The first-order chi connectivity index (χ1) is 6.09. The summed E-state index contributed by atoms with van der Waals surface area (Å²) < 4.78 is 0. The van der Waals surface area contributed by atoms with Gasteiger partial charge in [0.15, 0.2) is 0 Å². The lowest BCUT2D eigenvalue weighted by atomic mass is 9.73. The van der Waals surface area contributed by atoms with Gasteiger partial charge >= 0.3 is 0 Å². The zero-order valence-corrected chi connectivity index (χ0v) is 9.45. The van der Waals surface area contributed by atoms with E-state index in [0.29, 0.717) is 11.3 Å². The van der Waals surface area contributed by atoms with Crippen LogP contribution in [0.15, 0.2) is 5.51 Å². The van der Waals surface area contributed by atoms with Gasteiger partial charge in [0.05, 0.1) is 11.2 Å². The fraction of sp³-hybridized carbons (Fsp3) is 0.727. The van der Waals surface area contributed by atoms with E-state index in [2.05, 4.69) is 25.8 Å². The molecule has 0 spiro atoms. The summed E-state index contributed by atoms with van der Waals surface area (Å²) in [7, 11) is 0. The fourth-order valence-corrected chi connectivity index (χ4v) is 3.07. The first-order valence-corrected chi connectivity index (χ1v) is 5.89. The average Bonchev–Trinajstić information content (AvgIpc) is 2.48. The van der Waals surface area contributed by atoms with Crippen LogP contribution in [0, 0.1) is 5.41 Å². The van der Waals surface area contributed by atoms with E-state index < -0.39 is 0 Å². The van der Waals surface area contributed by atoms with E-state index in [1.807, 2.05) is 16.8 Å². The first kappa shape index (κ1) is 9.20. The molecule has 0 saturated heterocycles. The van der Waals surface area contributed by atoms with Gasteiger partial charge in [0, 0.05) is 10.8 Å². The van der Waals surface area contributed by atoms with Gasteiger partial charge in [-0.3, -0.25) is 0 Å². The number of hydrogen-bond donors (Lipinski definition) is 0. The lowest BCUT2D eigenvalue weighted by Gasteiger charge is -2.32. The number of nitrogens with zero attached hydrogens (tertiary/aromatic N) is 1. The van der Waals surface area contributed by atoms with Crippen LogP contribution in [-0.4, -0.2) is 4.98 Å². The molecule has 0 aromatic carbocycles. The molecule has 0 bridgehead atoms. The van der Waals surface area contributed by atoms with E-state index >= 15 is 0 Å². The second kappa shape index (κ2) is 3.09. The predicted octanol–water partition coefficient (Wildman–Crippen LogP) is 3.61. The van der Waals surface area contributed by atoms with Crippen LogP contribution < -0.4 is 0 Å². The zero-order chi connectivity index (χ0) is 9.47. The molecule has 1 nitrogen and oxygen atoms in total. The molecule has 2 heteroatoms. The van der Waals surface area contributed by atoms with E-state index in [1.165, 1.54) is 29.8 Å². The van der Waals surface area contributed by atoms with Gasteiger partial charge in [0.1, 0.15) is 0 Å². The third-order valence-electron chi connectivity index (χ3n) is 2.94. The summed E-state index contributed by atoms with van der Waals surface area (Å²) in [5, 5.41) is 0. The standard InChI is InChI=1S/C11H17NS/c1-11(2,3)8-5-4-6-9-10(8)12-7-13-9/h7-8H,4-6H2,1-3H3. The Morgan fingerprint density at radius 2 is 2.23 bits per heavy atom. The largest absolute Gasteiger partial charge is 0.249 e. The Balaban J connectivity index is 2.35. The molecule has 1 atom stereocenters. The van der Waals surface area contributed by atoms with Gasteiger partial charge < -0.3 is 0 Å². The van der Waals surface area contributed by atoms with Crippen molar-refractivity contribution in [3.8, 4) is 0 Å². The molecule has 13 heavy (non-hydrogen) atoms. The molecule has 1 aliphatic carbocycles. The van der Waals surface area contributed by atoms with E-state index in [9.17, 15) is 0 Å². The topological polar surface area (TPSA) is 12.9 Å². The SMILES string of the molecule is CC(C)(C)C1CCCc2scnc21. The average molecular weight is 195 g/mol. The van der Waals surface area contributed by atoms with Crippen molar-refractivity contribution in [2.24, 2.45) is 5.41 Å². The Hall–Kier alpha value is -0.370. The summed E-state index contributed by atoms with van der Waals surface area (Å²) >= 11 is 1.83. The van der Waals surface area contributed by atoms with E-state index in [4.69, 9.17) is 0 Å². The molecule has 0 saturated carbocycles. The highest BCUT2D eigenvalue weighted by molar-refractivity contribution is 7.09. The quantitative estimate of drug-likeness (QED) is 0.616. The van der Waals surface area contributed by atoms with Crippen LogP contribution >= 0.6 is 11.3 Å². The first-order valence-electron chi connectivity index (χ1n) is 5.01. The van der Waals surface area contributed by atoms with Crippen LogP contribution in [0.1, 0.15) is 50.1 Å². The minimum atomic E-state index is 0.378. The number of hydrogen-bond acceptors (Lipinski definition) is 2. The highest BCUT2D eigenvalue weighted by Crippen LogP contribution is 2.43. The molecule has 0 fully saturated rings. The fourth-order valence-electron chi connectivity index (χ4n) is 2.20. The van der Waals surface area contributed by atoms with Gasteiger partial charge in [-0.05, 0) is 24.7 Å². The molecule has 1 aliphatic rings. The molecule has 1 unspecified atom stereocenters. The van der Waals surface area contributed by atoms with Gasteiger partial charge in [0.2, 0.25) is 0 Å². The summed E-state index contributed by atoms with van der Waals surface area (Å²) in [4.78, 5) is 6.06. The van der Waals surface area contributed by atoms with Crippen molar-refractivity contribution >= 4 is 11.3 Å². The van der Waals surface area contributed by atoms with Crippen molar-refractivity contribution in [2.75, 3.05) is 0 Å². The lowest BCUT2D eigenvalue weighted by molar-refractivity contribution is 0.286. The molecular weight excluding hydrogens is 178 g/mol. The van der Waals surface area contributed by atoms with Crippen LogP contribution in [0.5, 0.6) is 0 Å². The van der Waals surface area contributed by atoms with Crippen molar-refractivity contribution in [1.29, 1.82) is 0 Å². The monoisotopic (exact) mass is 195 g/mol. The summed E-state index contributed by atoms with van der Waals surface area (Å²) in [5.74, 6) is 0.683. The molecule has 0 amide bonds. The summed E-state index contributed by atoms with van der Waals surface area (Å²) in [6, 6.07) is 0. The predicted molar refractivity (Wildman–Crippen MR) is 57.2 cm³/mol. The van der Waals surface area contributed by atoms with Crippen molar-refractivity contribution in [3.63, 3.8) is 0 Å². The van der Waals surface area contributed by atoms with Crippen LogP contribution in [0.4, 0.5) is 0 Å². The molecule has 0 aliphatic heterocycles. The van der Waals surface area contributed by atoms with Crippen LogP contribution in [0.3, 0.4) is 0 Å². The van der Waals surface area contributed by atoms with Gasteiger partial charge in [-0.2, -0.15) is 0 Å². The maximum Gasteiger partial charge on any atom is 0.0797 e. The van der Waals surface area contributed by atoms with Gasteiger partial charge in [-0.25, -0.2) is 4.98 Å². The Morgan fingerprint density at radius 1 is 1.46 bits per heavy atom. The second-order valence-corrected chi connectivity index (χ2v) is 5.91. The van der Waals surface area contributed by atoms with Gasteiger partial charge in [-0.15, -0.1) is 11.3 Å². The highest BCUT2D eigenvalue weighted by Gasteiger charge is 2.32. The molecular formula is C11H17NS. The molecule has 2 rings (SSSR count). The third kappa shape index (κ3) is 1.64. The van der Waals surface area contributed by atoms with E-state index in [1.54, 1.807) is 0 Å². The van der Waals surface area contributed by atoms with Gasteiger partial charge in [0.25, 0.3) is 0 Å². The highest BCUT2D eigenvalue weighted by atomic mass is 32.1. The minimum Gasteiger partial charge on any atom is -0.249 e. The van der Waals surface area contributed by atoms with Crippen LogP contribution in [0.25, 0.3) is 0 Å². The summed E-state index contributed by atoms with van der Waals surface area (Å²) in [6.45, 7) is 6.98. The molecule has 1 heterocycles. The number of thiazole rings is 1. The van der Waals surface area contributed by atoms with Crippen LogP contribution in [-0.2, 0) is 6.42 Å². The molecule has 0 radical (unpaired) electrons. The summed E-state index contributed by atoms with van der Waals surface area (Å²) in [5.41, 5.74) is 3.78. The number of fused-ring (bicyclic) bond motifs is 1. The minimum absolute atomic E-state index is 0.378.